The maximum absolute atomic E-state index is 12.6. The van der Waals surface area contributed by atoms with Crippen molar-refractivity contribution in [1.82, 2.24) is 0 Å². The molecule has 138 valence electrons. The van der Waals surface area contributed by atoms with Crippen LogP contribution in [0.15, 0.2) is 12.1 Å². The third-order valence-corrected chi connectivity index (χ3v) is 6.93. The lowest BCUT2D eigenvalue weighted by atomic mass is 9.49. The molecular weight excluding hydrogens is 312 g/mol. The highest BCUT2D eigenvalue weighted by atomic mass is 16.5. The number of fused-ring (bicyclic) bond motifs is 3. The lowest BCUT2D eigenvalue weighted by Crippen LogP contribution is -2.52. The minimum Gasteiger partial charge on any atom is -0.496 e. The van der Waals surface area contributed by atoms with E-state index in [0.29, 0.717) is 5.92 Å². The van der Waals surface area contributed by atoms with Gasteiger partial charge < -0.3 is 9.47 Å². The van der Waals surface area contributed by atoms with E-state index in [-0.39, 0.29) is 16.8 Å². The van der Waals surface area contributed by atoms with Crippen LogP contribution in [0.3, 0.4) is 0 Å². The molecule has 0 aromatic heterocycles. The fourth-order valence-corrected chi connectivity index (χ4v) is 5.68. The second kappa shape index (κ2) is 6.66. The fraction of sp³-hybridized carbons (Fsp3) is 0.682. The van der Waals surface area contributed by atoms with E-state index >= 15 is 0 Å². The highest BCUT2D eigenvalue weighted by Crippen LogP contribution is 2.58. The Balaban J connectivity index is 2.09. The van der Waals surface area contributed by atoms with Crippen molar-refractivity contribution in [3.63, 3.8) is 0 Å². The average Bonchev–Trinajstić information content (AvgIpc) is 2.60. The van der Waals surface area contributed by atoms with Gasteiger partial charge in [0.1, 0.15) is 5.75 Å². The minimum atomic E-state index is -0.380. The van der Waals surface area contributed by atoms with Gasteiger partial charge in [-0.2, -0.15) is 0 Å². The van der Waals surface area contributed by atoms with Crippen LogP contribution in [-0.2, 0) is 27.8 Å². The molecule has 0 saturated heterocycles. The summed E-state index contributed by atoms with van der Waals surface area (Å²) in [5.74, 6) is 1.30. The number of carbonyl (C=O) groups is 1. The monoisotopic (exact) mass is 344 g/mol. The molecule has 3 rings (SSSR count). The number of ether oxygens (including phenoxy) is 2. The van der Waals surface area contributed by atoms with E-state index < -0.39 is 0 Å². The molecular formula is C22H32O3. The van der Waals surface area contributed by atoms with E-state index in [1.54, 1.807) is 7.11 Å². The van der Waals surface area contributed by atoms with Crippen molar-refractivity contribution < 1.29 is 14.3 Å². The van der Waals surface area contributed by atoms with Crippen LogP contribution < -0.4 is 4.74 Å². The van der Waals surface area contributed by atoms with Gasteiger partial charge in [0.25, 0.3) is 0 Å². The molecule has 0 amide bonds. The molecule has 3 atom stereocenters. The Bertz CT molecular complexity index is 665. The maximum Gasteiger partial charge on any atom is 0.311 e. The summed E-state index contributed by atoms with van der Waals surface area (Å²) >= 11 is 0. The van der Waals surface area contributed by atoms with Crippen LogP contribution >= 0.6 is 0 Å². The van der Waals surface area contributed by atoms with Crippen molar-refractivity contribution in [1.29, 1.82) is 0 Å². The molecule has 0 N–H and O–H groups in total. The molecule has 1 saturated carbocycles. The van der Waals surface area contributed by atoms with Crippen molar-refractivity contribution in [3.8, 4) is 5.75 Å². The van der Waals surface area contributed by atoms with Gasteiger partial charge in [-0.15, -0.1) is 0 Å². The molecule has 2 aliphatic rings. The first-order valence-electron chi connectivity index (χ1n) is 9.69. The number of aryl methyl sites for hydroxylation is 2. The quantitative estimate of drug-likeness (QED) is 0.734. The molecule has 2 aliphatic carbocycles. The van der Waals surface area contributed by atoms with Crippen LogP contribution in [0.2, 0.25) is 0 Å². The van der Waals surface area contributed by atoms with Crippen molar-refractivity contribution in [2.24, 2.45) is 11.3 Å². The molecule has 0 bridgehead atoms. The van der Waals surface area contributed by atoms with Gasteiger partial charge in [0, 0.05) is 0 Å². The van der Waals surface area contributed by atoms with Gasteiger partial charge in [-0.25, -0.2) is 0 Å². The zero-order chi connectivity index (χ0) is 18.2. The second-order valence-electron chi connectivity index (χ2n) is 8.34. The van der Waals surface area contributed by atoms with Crippen LogP contribution in [-0.4, -0.2) is 20.2 Å². The first-order valence-corrected chi connectivity index (χ1v) is 9.69. The number of carbonyl (C=O) groups excluding carboxylic acids is 1. The number of esters is 1. The van der Waals surface area contributed by atoms with Crippen LogP contribution in [0.5, 0.6) is 5.75 Å². The zero-order valence-corrected chi connectivity index (χ0v) is 16.4. The number of rotatable bonds is 4. The zero-order valence-electron chi connectivity index (χ0n) is 16.4. The number of benzene rings is 1. The highest BCUT2D eigenvalue weighted by molar-refractivity contribution is 5.77. The third-order valence-electron chi connectivity index (χ3n) is 6.93. The van der Waals surface area contributed by atoms with E-state index in [1.807, 2.05) is 0 Å². The van der Waals surface area contributed by atoms with E-state index in [9.17, 15) is 4.79 Å². The van der Waals surface area contributed by atoms with Gasteiger partial charge >= 0.3 is 5.97 Å². The van der Waals surface area contributed by atoms with Gasteiger partial charge in [-0.05, 0) is 73.1 Å². The predicted octanol–water partition coefficient (Wildman–Crippen LogP) is 4.83. The Labute approximate surface area is 152 Å². The van der Waals surface area contributed by atoms with Crippen molar-refractivity contribution in [2.45, 2.75) is 71.1 Å². The smallest absolute Gasteiger partial charge is 0.311 e. The number of hydrogen-bond donors (Lipinski definition) is 0. The van der Waals surface area contributed by atoms with Gasteiger partial charge in [-0.3, -0.25) is 4.79 Å². The summed E-state index contributed by atoms with van der Waals surface area (Å²) < 4.78 is 10.9. The summed E-state index contributed by atoms with van der Waals surface area (Å²) in [6.45, 7) is 6.68. The van der Waals surface area contributed by atoms with Crippen molar-refractivity contribution in [2.75, 3.05) is 14.2 Å². The second-order valence-corrected chi connectivity index (χ2v) is 8.34. The summed E-state index contributed by atoms with van der Waals surface area (Å²) in [6, 6.07) is 4.64. The Hall–Kier alpha value is -1.51. The fourth-order valence-electron chi connectivity index (χ4n) is 5.68. The molecule has 2 unspecified atom stereocenters. The molecule has 1 fully saturated rings. The Morgan fingerprint density at radius 3 is 2.64 bits per heavy atom. The molecule has 1 aromatic rings. The van der Waals surface area contributed by atoms with Crippen molar-refractivity contribution in [3.05, 3.63) is 28.8 Å². The number of methoxy groups -OCH3 is 2. The van der Waals surface area contributed by atoms with E-state index in [1.165, 1.54) is 23.8 Å². The summed E-state index contributed by atoms with van der Waals surface area (Å²) in [7, 11) is 3.29. The SMILES string of the molecule is CCCc1cc2c(cc1OC)C1(C)CCC[C@](C)(C(=O)OC)C1CC2. The number of hydrogen-bond acceptors (Lipinski definition) is 3. The normalized spacial score (nSPS) is 31.0. The largest absolute Gasteiger partial charge is 0.496 e. The van der Waals surface area contributed by atoms with E-state index in [4.69, 9.17) is 9.47 Å². The van der Waals surface area contributed by atoms with Gasteiger partial charge in [0.2, 0.25) is 0 Å². The maximum atomic E-state index is 12.6. The lowest BCUT2D eigenvalue weighted by Gasteiger charge is -2.54. The molecule has 0 heterocycles. The van der Waals surface area contributed by atoms with Gasteiger partial charge in [0.05, 0.1) is 19.6 Å². The molecule has 3 nitrogen and oxygen atoms in total. The summed E-state index contributed by atoms with van der Waals surface area (Å²) in [6.07, 6.45) is 7.41. The Kier molecular flexibility index (Phi) is 4.87. The van der Waals surface area contributed by atoms with Gasteiger partial charge in [0.15, 0.2) is 0 Å². The van der Waals surface area contributed by atoms with Crippen LogP contribution in [0.4, 0.5) is 0 Å². The molecule has 0 spiro atoms. The molecule has 25 heavy (non-hydrogen) atoms. The lowest BCUT2D eigenvalue weighted by molar-refractivity contribution is -0.161. The molecule has 0 radical (unpaired) electrons. The predicted molar refractivity (Wildman–Crippen MR) is 100 cm³/mol. The standard InChI is InChI=1S/C22H32O3/c1-6-8-16-13-15-9-10-19-21(2,17(15)14-18(16)24-4)11-7-12-22(19,3)20(23)25-5/h13-14,19H,6-12H2,1-5H3/t19?,21?,22-/m0/s1. The third kappa shape index (κ3) is 2.76. The highest BCUT2D eigenvalue weighted by Gasteiger charge is 2.55. The van der Waals surface area contributed by atoms with Crippen LogP contribution in [0.1, 0.15) is 69.6 Å². The average molecular weight is 344 g/mol. The van der Waals surface area contributed by atoms with E-state index in [0.717, 1.165) is 50.7 Å². The Morgan fingerprint density at radius 1 is 1.24 bits per heavy atom. The summed E-state index contributed by atoms with van der Waals surface area (Å²) in [4.78, 5) is 12.6. The van der Waals surface area contributed by atoms with Gasteiger partial charge in [-0.1, -0.05) is 32.8 Å². The molecule has 1 aromatic carbocycles. The first kappa shape index (κ1) is 18.3. The topological polar surface area (TPSA) is 35.5 Å². The van der Waals surface area contributed by atoms with Crippen LogP contribution in [0.25, 0.3) is 0 Å². The molecule has 0 aliphatic heterocycles. The molecule has 3 heteroatoms. The van der Waals surface area contributed by atoms with Crippen molar-refractivity contribution >= 4 is 5.97 Å². The summed E-state index contributed by atoms with van der Waals surface area (Å²) in [5, 5.41) is 0. The van der Waals surface area contributed by atoms with E-state index in [2.05, 4.69) is 32.9 Å². The first-order chi connectivity index (χ1) is 11.9. The minimum absolute atomic E-state index is 0.0206. The van der Waals surface area contributed by atoms with Crippen LogP contribution in [0, 0.1) is 11.3 Å². The summed E-state index contributed by atoms with van der Waals surface area (Å²) in [5.41, 5.74) is 3.81. The Morgan fingerprint density at radius 2 is 2.00 bits per heavy atom.